The van der Waals surface area contributed by atoms with E-state index in [0.717, 1.165) is 0 Å². The standard InChI is InChI=1S/C13H12N4O2/c14-11-9(5-3-7-16-11)13(19)17-10-6-2-1-4-8(10)12(15)18/h1-7H,(H2,14,16)(H2,15,18)(H,17,19). The van der Waals surface area contributed by atoms with Crippen LogP contribution < -0.4 is 16.8 Å². The first-order chi connectivity index (χ1) is 9.09. The topological polar surface area (TPSA) is 111 Å². The lowest BCUT2D eigenvalue weighted by Crippen LogP contribution is -2.19. The first-order valence-electron chi connectivity index (χ1n) is 5.50. The molecule has 5 N–H and O–H groups in total. The Labute approximate surface area is 109 Å². The van der Waals surface area contributed by atoms with Crippen molar-refractivity contribution in [3.05, 3.63) is 53.7 Å². The molecule has 0 saturated heterocycles. The molecule has 19 heavy (non-hydrogen) atoms. The van der Waals surface area contributed by atoms with Gasteiger partial charge in [-0.05, 0) is 24.3 Å². The average molecular weight is 256 g/mol. The van der Waals surface area contributed by atoms with Crippen molar-refractivity contribution in [1.82, 2.24) is 4.98 Å². The van der Waals surface area contributed by atoms with Crippen LogP contribution >= 0.6 is 0 Å². The quantitative estimate of drug-likeness (QED) is 0.761. The number of primary amides is 1. The first kappa shape index (κ1) is 12.6. The van der Waals surface area contributed by atoms with E-state index in [4.69, 9.17) is 11.5 Å². The molecule has 0 bridgehead atoms. The normalized spacial score (nSPS) is 9.89. The third-order valence-electron chi connectivity index (χ3n) is 2.52. The van der Waals surface area contributed by atoms with Crippen molar-refractivity contribution in [1.29, 1.82) is 0 Å². The molecule has 1 aromatic heterocycles. The van der Waals surface area contributed by atoms with E-state index in [9.17, 15) is 9.59 Å². The number of rotatable bonds is 3. The Hall–Kier alpha value is -2.89. The Morgan fingerprint density at radius 3 is 2.42 bits per heavy atom. The zero-order chi connectivity index (χ0) is 13.8. The predicted molar refractivity (Wildman–Crippen MR) is 71.6 cm³/mol. The van der Waals surface area contributed by atoms with Gasteiger partial charge in [0.2, 0.25) is 0 Å². The molecule has 2 aromatic rings. The number of nitrogen functional groups attached to an aromatic ring is 1. The van der Waals surface area contributed by atoms with Gasteiger partial charge in [0, 0.05) is 6.20 Å². The fourth-order valence-electron chi connectivity index (χ4n) is 1.61. The maximum Gasteiger partial charge on any atom is 0.259 e. The highest BCUT2D eigenvalue weighted by Crippen LogP contribution is 2.16. The smallest absolute Gasteiger partial charge is 0.259 e. The van der Waals surface area contributed by atoms with Crippen LogP contribution in [-0.4, -0.2) is 16.8 Å². The van der Waals surface area contributed by atoms with Crippen LogP contribution in [0.2, 0.25) is 0 Å². The summed E-state index contributed by atoms with van der Waals surface area (Å²) in [5.74, 6) is -0.939. The SMILES string of the molecule is NC(=O)c1ccccc1NC(=O)c1cccnc1N. The summed E-state index contributed by atoms with van der Waals surface area (Å²) in [6, 6.07) is 9.62. The number of pyridine rings is 1. The minimum Gasteiger partial charge on any atom is -0.383 e. The summed E-state index contributed by atoms with van der Waals surface area (Å²) in [5, 5.41) is 2.59. The van der Waals surface area contributed by atoms with Crippen LogP contribution in [0.25, 0.3) is 0 Å². The van der Waals surface area contributed by atoms with Gasteiger partial charge in [-0.1, -0.05) is 12.1 Å². The summed E-state index contributed by atoms with van der Waals surface area (Å²) in [6.45, 7) is 0. The molecule has 0 saturated carbocycles. The maximum atomic E-state index is 12.0. The van der Waals surface area contributed by atoms with Crippen LogP contribution in [-0.2, 0) is 0 Å². The number of hydrogen-bond donors (Lipinski definition) is 3. The van der Waals surface area contributed by atoms with Gasteiger partial charge in [0.25, 0.3) is 11.8 Å². The molecule has 1 aromatic carbocycles. The zero-order valence-corrected chi connectivity index (χ0v) is 9.96. The Morgan fingerprint density at radius 1 is 1.05 bits per heavy atom. The Morgan fingerprint density at radius 2 is 1.74 bits per heavy atom. The molecule has 0 unspecified atom stereocenters. The first-order valence-corrected chi connectivity index (χ1v) is 5.50. The third kappa shape index (κ3) is 2.68. The average Bonchev–Trinajstić information content (AvgIpc) is 2.39. The number of carbonyl (C=O) groups excluding carboxylic acids is 2. The van der Waals surface area contributed by atoms with Crippen molar-refractivity contribution in [2.45, 2.75) is 0 Å². The molecule has 0 radical (unpaired) electrons. The molecular formula is C13H12N4O2. The van der Waals surface area contributed by atoms with E-state index in [2.05, 4.69) is 10.3 Å². The number of nitrogens with two attached hydrogens (primary N) is 2. The maximum absolute atomic E-state index is 12.0. The number of hydrogen-bond acceptors (Lipinski definition) is 4. The number of aromatic nitrogens is 1. The monoisotopic (exact) mass is 256 g/mol. The summed E-state index contributed by atoms with van der Waals surface area (Å²) in [5.41, 5.74) is 11.6. The predicted octanol–water partition coefficient (Wildman–Crippen LogP) is 1.02. The van der Waals surface area contributed by atoms with E-state index in [1.54, 1.807) is 30.3 Å². The molecule has 0 fully saturated rings. The van der Waals surface area contributed by atoms with Gasteiger partial charge in [-0.2, -0.15) is 0 Å². The van der Waals surface area contributed by atoms with E-state index in [1.165, 1.54) is 12.3 Å². The number of benzene rings is 1. The van der Waals surface area contributed by atoms with Crippen LogP contribution in [0.5, 0.6) is 0 Å². The third-order valence-corrected chi connectivity index (χ3v) is 2.52. The van der Waals surface area contributed by atoms with Gasteiger partial charge >= 0.3 is 0 Å². The largest absolute Gasteiger partial charge is 0.383 e. The number of nitrogens with zero attached hydrogens (tertiary/aromatic N) is 1. The molecule has 2 rings (SSSR count). The van der Waals surface area contributed by atoms with Crippen LogP contribution in [0.3, 0.4) is 0 Å². The van der Waals surface area contributed by atoms with Crippen LogP contribution in [0.15, 0.2) is 42.6 Å². The zero-order valence-electron chi connectivity index (χ0n) is 9.96. The number of para-hydroxylation sites is 1. The van der Waals surface area contributed by atoms with Gasteiger partial charge in [-0.25, -0.2) is 4.98 Å². The highest BCUT2D eigenvalue weighted by molar-refractivity contribution is 6.10. The number of anilines is 2. The van der Waals surface area contributed by atoms with E-state index in [-0.39, 0.29) is 16.9 Å². The van der Waals surface area contributed by atoms with Gasteiger partial charge in [0.15, 0.2) is 0 Å². The van der Waals surface area contributed by atoms with Crippen LogP contribution in [0.4, 0.5) is 11.5 Å². The van der Waals surface area contributed by atoms with E-state index in [0.29, 0.717) is 5.69 Å². The van der Waals surface area contributed by atoms with E-state index in [1.807, 2.05) is 0 Å². The Balaban J connectivity index is 2.30. The second-order valence-corrected chi connectivity index (χ2v) is 3.80. The van der Waals surface area contributed by atoms with Crippen molar-refractivity contribution in [2.24, 2.45) is 5.73 Å². The van der Waals surface area contributed by atoms with Crippen molar-refractivity contribution in [2.75, 3.05) is 11.1 Å². The number of carbonyl (C=O) groups is 2. The van der Waals surface area contributed by atoms with Gasteiger partial charge in [-0.15, -0.1) is 0 Å². The molecule has 1 heterocycles. The summed E-state index contributed by atoms with van der Waals surface area (Å²) in [7, 11) is 0. The lowest BCUT2D eigenvalue weighted by atomic mass is 10.1. The molecule has 2 amide bonds. The van der Waals surface area contributed by atoms with E-state index >= 15 is 0 Å². The fourth-order valence-corrected chi connectivity index (χ4v) is 1.61. The lowest BCUT2D eigenvalue weighted by molar-refractivity contribution is 0.100. The van der Waals surface area contributed by atoms with Gasteiger partial charge in [0.05, 0.1) is 16.8 Å². The molecule has 0 aliphatic carbocycles. The highest BCUT2D eigenvalue weighted by atomic mass is 16.2. The van der Waals surface area contributed by atoms with Crippen LogP contribution in [0.1, 0.15) is 20.7 Å². The van der Waals surface area contributed by atoms with Gasteiger partial charge in [-0.3, -0.25) is 9.59 Å². The molecule has 0 aliphatic rings. The summed E-state index contributed by atoms with van der Waals surface area (Å²) in [6.07, 6.45) is 1.49. The second-order valence-electron chi connectivity index (χ2n) is 3.80. The fraction of sp³-hybridized carbons (Fsp3) is 0. The highest BCUT2D eigenvalue weighted by Gasteiger charge is 2.13. The van der Waals surface area contributed by atoms with Crippen molar-refractivity contribution >= 4 is 23.3 Å². The van der Waals surface area contributed by atoms with Gasteiger partial charge < -0.3 is 16.8 Å². The molecule has 0 aliphatic heterocycles. The Kier molecular flexibility index (Phi) is 3.42. The number of amides is 2. The lowest BCUT2D eigenvalue weighted by Gasteiger charge is -2.09. The summed E-state index contributed by atoms with van der Waals surface area (Å²) < 4.78 is 0. The number of nitrogens with one attached hydrogen (secondary N) is 1. The van der Waals surface area contributed by atoms with Crippen molar-refractivity contribution in [3.63, 3.8) is 0 Å². The van der Waals surface area contributed by atoms with Crippen LogP contribution in [0, 0.1) is 0 Å². The van der Waals surface area contributed by atoms with Crippen molar-refractivity contribution < 1.29 is 9.59 Å². The molecule has 0 spiro atoms. The molecular weight excluding hydrogens is 244 g/mol. The second kappa shape index (κ2) is 5.18. The molecule has 96 valence electrons. The van der Waals surface area contributed by atoms with Crippen molar-refractivity contribution in [3.8, 4) is 0 Å². The minimum absolute atomic E-state index is 0.122. The molecule has 0 atom stereocenters. The van der Waals surface area contributed by atoms with Gasteiger partial charge in [0.1, 0.15) is 5.82 Å². The Bertz CT molecular complexity index is 640. The summed E-state index contributed by atoms with van der Waals surface area (Å²) in [4.78, 5) is 27.1. The molecule has 6 nitrogen and oxygen atoms in total. The minimum atomic E-state index is -0.616. The summed E-state index contributed by atoms with van der Waals surface area (Å²) >= 11 is 0. The molecule has 6 heteroatoms. The van der Waals surface area contributed by atoms with E-state index < -0.39 is 11.8 Å².